The molecule has 100 valence electrons. The molecule has 0 amide bonds. The predicted molar refractivity (Wildman–Crippen MR) is 74.7 cm³/mol. The van der Waals surface area contributed by atoms with Crippen molar-refractivity contribution in [3.63, 3.8) is 0 Å². The van der Waals surface area contributed by atoms with Crippen LogP contribution in [0.2, 0.25) is 0 Å². The normalized spacial score (nSPS) is 10.6. The fourth-order valence-electron chi connectivity index (χ4n) is 1.91. The van der Waals surface area contributed by atoms with Gasteiger partial charge in [-0.2, -0.15) is 0 Å². The first kappa shape index (κ1) is 13.5. The molecule has 0 unspecified atom stereocenters. The van der Waals surface area contributed by atoms with Crippen LogP contribution in [0.1, 0.15) is 31.7 Å². The molecule has 0 spiro atoms. The third-order valence-electron chi connectivity index (χ3n) is 3.05. The van der Waals surface area contributed by atoms with Crippen LogP contribution >= 0.6 is 0 Å². The molecule has 19 heavy (non-hydrogen) atoms. The molecule has 0 fully saturated rings. The van der Waals surface area contributed by atoms with Gasteiger partial charge in [0, 0.05) is 18.5 Å². The minimum absolute atomic E-state index is 0.249. The number of hydrogen-bond acceptors (Lipinski definition) is 3. The summed E-state index contributed by atoms with van der Waals surface area (Å²) in [5.41, 5.74) is 3.22. The average Bonchev–Trinajstić information content (AvgIpc) is 2.84. The first-order valence-electron chi connectivity index (χ1n) is 6.62. The molecular formula is C15H19N3O. The molecule has 0 saturated carbocycles. The molecule has 0 radical (unpaired) electrons. The third kappa shape index (κ3) is 4.02. The highest BCUT2D eigenvalue weighted by molar-refractivity contribution is 5.75. The molecule has 0 N–H and O–H groups in total. The maximum Gasteiger partial charge on any atom is 0.129 e. The van der Waals surface area contributed by atoms with E-state index in [1.807, 2.05) is 10.9 Å². The van der Waals surface area contributed by atoms with Gasteiger partial charge >= 0.3 is 0 Å². The van der Waals surface area contributed by atoms with Crippen LogP contribution in [0.3, 0.4) is 0 Å². The molecule has 1 aromatic heterocycles. The first-order valence-corrected chi connectivity index (χ1v) is 6.62. The number of Topliss-reactive ketones (excluding diaryl/α,β-unsaturated/α-hetero) is 1. The lowest BCUT2D eigenvalue weighted by Crippen LogP contribution is -2.00. The molecule has 1 heterocycles. The van der Waals surface area contributed by atoms with E-state index in [1.165, 1.54) is 5.56 Å². The number of benzene rings is 1. The quantitative estimate of drug-likeness (QED) is 0.747. The summed E-state index contributed by atoms with van der Waals surface area (Å²) in [6.07, 6.45) is 4.48. The molecular weight excluding hydrogens is 238 g/mol. The average molecular weight is 257 g/mol. The van der Waals surface area contributed by atoms with Gasteiger partial charge < -0.3 is 4.79 Å². The van der Waals surface area contributed by atoms with E-state index in [-0.39, 0.29) is 5.78 Å². The van der Waals surface area contributed by atoms with Crippen molar-refractivity contribution in [3.8, 4) is 11.3 Å². The highest BCUT2D eigenvalue weighted by Crippen LogP contribution is 2.16. The molecule has 4 nitrogen and oxygen atoms in total. The van der Waals surface area contributed by atoms with Crippen molar-refractivity contribution in [1.29, 1.82) is 0 Å². The van der Waals surface area contributed by atoms with E-state index < -0.39 is 0 Å². The van der Waals surface area contributed by atoms with Crippen LogP contribution in [-0.2, 0) is 11.3 Å². The largest absolute Gasteiger partial charge is 0.300 e. The molecule has 2 aromatic rings. The van der Waals surface area contributed by atoms with E-state index in [0.29, 0.717) is 6.42 Å². The maximum absolute atomic E-state index is 10.8. The lowest BCUT2D eigenvalue weighted by atomic mass is 10.1. The number of carbonyl (C=O) groups excluding carboxylic acids is 1. The highest BCUT2D eigenvalue weighted by atomic mass is 16.1. The van der Waals surface area contributed by atoms with Gasteiger partial charge in [0.25, 0.3) is 0 Å². The number of hydrogen-bond donors (Lipinski definition) is 0. The molecule has 0 bridgehead atoms. The molecule has 1 aromatic carbocycles. The Morgan fingerprint density at radius 1 is 1.21 bits per heavy atom. The van der Waals surface area contributed by atoms with E-state index in [9.17, 15) is 4.79 Å². The Morgan fingerprint density at radius 2 is 1.95 bits per heavy atom. The summed E-state index contributed by atoms with van der Waals surface area (Å²) in [6, 6.07) is 8.25. The van der Waals surface area contributed by atoms with Crippen molar-refractivity contribution < 1.29 is 4.79 Å². The molecule has 0 aliphatic heterocycles. The van der Waals surface area contributed by atoms with Crippen molar-refractivity contribution in [2.75, 3.05) is 0 Å². The van der Waals surface area contributed by atoms with Gasteiger partial charge in [0.1, 0.15) is 11.5 Å². The lowest BCUT2D eigenvalue weighted by Gasteiger charge is -1.99. The predicted octanol–water partition coefficient (Wildman–Crippen LogP) is 3.01. The summed E-state index contributed by atoms with van der Waals surface area (Å²) in [6.45, 7) is 4.51. The molecule has 0 aliphatic carbocycles. The van der Waals surface area contributed by atoms with Gasteiger partial charge in [-0.15, -0.1) is 5.10 Å². The standard InChI is InChI=1S/C15H19N3O/c1-12-6-8-14(9-7-12)15-11-18(17-16-15)10-4-3-5-13(2)19/h6-9,11H,3-5,10H2,1-2H3. The van der Waals surface area contributed by atoms with Crippen LogP contribution in [0.25, 0.3) is 11.3 Å². The number of aryl methyl sites for hydroxylation is 2. The van der Waals surface area contributed by atoms with Crippen molar-refractivity contribution in [3.05, 3.63) is 36.0 Å². The summed E-state index contributed by atoms with van der Waals surface area (Å²) < 4.78 is 1.84. The Labute approximate surface area is 113 Å². The smallest absolute Gasteiger partial charge is 0.129 e. The number of ketones is 1. The van der Waals surface area contributed by atoms with Crippen LogP contribution < -0.4 is 0 Å². The van der Waals surface area contributed by atoms with Crippen LogP contribution in [0.4, 0.5) is 0 Å². The Hall–Kier alpha value is -1.97. The third-order valence-corrected chi connectivity index (χ3v) is 3.05. The second-order valence-electron chi connectivity index (χ2n) is 4.89. The molecule has 0 atom stereocenters. The molecule has 2 rings (SSSR count). The van der Waals surface area contributed by atoms with Crippen LogP contribution in [0, 0.1) is 6.92 Å². The Kier molecular flexibility index (Phi) is 4.44. The van der Waals surface area contributed by atoms with Gasteiger partial charge in [-0.05, 0) is 26.7 Å². The van der Waals surface area contributed by atoms with Crippen LogP contribution in [0.5, 0.6) is 0 Å². The van der Waals surface area contributed by atoms with Crippen molar-refractivity contribution >= 4 is 5.78 Å². The minimum Gasteiger partial charge on any atom is -0.300 e. The van der Waals surface area contributed by atoms with Gasteiger partial charge in [-0.25, -0.2) is 0 Å². The minimum atomic E-state index is 0.249. The molecule has 4 heteroatoms. The lowest BCUT2D eigenvalue weighted by molar-refractivity contribution is -0.117. The van der Waals surface area contributed by atoms with E-state index in [2.05, 4.69) is 41.5 Å². The maximum atomic E-state index is 10.8. The summed E-state index contributed by atoms with van der Waals surface area (Å²) >= 11 is 0. The van der Waals surface area contributed by atoms with Gasteiger partial charge in [0.15, 0.2) is 0 Å². The van der Waals surface area contributed by atoms with Crippen molar-refractivity contribution in [1.82, 2.24) is 15.0 Å². The van der Waals surface area contributed by atoms with E-state index in [4.69, 9.17) is 0 Å². The van der Waals surface area contributed by atoms with Gasteiger partial charge in [-0.3, -0.25) is 4.68 Å². The number of unbranched alkanes of at least 4 members (excludes halogenated alkanes) is 1. The number of rotatable bonds is 6. The second kappa shape index (κ2) is 6.27. The fraction of sp³-hybridized carbons (Fsp3) is 0.400. The summed E-state index contributed by atoms with van der Waals surface area (Å²) in [4.78, 5) is 10.8. The summed E-state index contributed by atoms with van der Waals surface area (Å²) in [5.74, 6) is 0.249. The highest BCUT2D eigenvalue weighted by Gasteiger charge is 2.03. The van der Waals surface area contributed by atoms with Gasteiger partial charge in [0.05, 0.1) is 6.20 Å². The number of aromatic nitrogens is 3. The molecule has 0 aliphatic rings. The number of nitrogens with zero attached hydrogens (tertiary/aromatic N) is 3. The van der Waals surface area contributed by atoms with E-state index in [0.717, 1.165) is 30.6 Å². The first-order chi connectivity index (χ1) is 9.15. The SMILES string of the molecule is CC(=O)CCCCn1cc(-c2ccc(C)cc2)nn1. The van der Waals surface area contributed by atoms with Crippen LogP contribution in [-0.4, -0.2) is 20.8 Å². The Morgan fingerprint density at radius 3 is 2.63 bits per heavy atom. The van der Waals surface area contributed by atoms with E-state index in [1.54, 1.807) is 6.92 Å². The Bertz CT molecular complexity index is 543. The second-order valence-corrected chi connectivity index (χ2v) is 4.89. The van der Waals surface area contributed by atoms with E-state index >= 15 is 0 Å². The number of carbonyl (C=O) groups is 1. The van der Waals surface area contributed by atoms with Crippen molar-refractivity contribution in [2.45, 2.75) is 39.7 Å². The van der Waals surface area contributed by atoms with Crippen molar-refractivity contribution in [2.24, 2.45) is 0 Å². The zero-order chi connectivity index (χ0) is 13.7. The summed E-state index contributed by atoms with van der Waals surface area (Å²) in [7, 11) is 0. The van der Waals surface area contributed by atoms with Gasteiger partial charge in [0.2, 0.25) is 0 Å². The van der Waals surface area contributed by atoms with Crippen LogP contribution in [0.15, 0.2) is 30.5 Å². The topological polar surface area (TPSA) is 47.8 Å². The zero-order valence-electron chi connectivity index (χ0n) is 11.5. The molecule has 0 saturated heterocycles. The van der Waals surface area contributed by atoms with Gasteiger partial charge in [-0.1, -0.05) is 35.0 Å². The zero-order valence-corrected chi connectivity index (χ0v) is 11.5. The summed E-state index contributed by atoms with van der Waals surface area (Å²) in [5, 5.41) is 8.29. The fourth-order valence-corrected chi connectivity index (χ4v) is 1.91. The monoisotopic (exact) mass is 257 g/mol. The Balaban J connectivity index is 1.91.